The van der Waals surface area contributed by atoms with Gasteiger partial charge in [-0.05, 0) is 25.1 Å². The van der Waals surface area contributed by atoms with Gasteiger partial charge in [-0.3, -0.25) is 14.0 Å². The molecule has 0 fully saturated rings. The zero-order valence-corrected chi connectivity index (χ0v) is 17.5. The Morgan fingerprint density at radius 1 is 1.19 bits per heavy atom. The number of ether oxygens (including phenoxy) is 2. The number of aldehydes is 1. The maximum Gasteiger partial charge on any atom is 0.387 e. The minimum absolute atomic E-state index is 0.179. The van der Waals surface area contributed by atoms with E-state index in [1.54, 1.807) is 19.2 Å². The number of nitrogens with two attached hydrogens (primary N) is 1. The van der Waals surface area contributed by atoms with Crippen molar-refractivity contribution in [1.82, 2.24) is 9.38 Å². The van der Waals surface area contributed by atoms with E-state index in [4.69, 9.17) is 10.5 Å². The van der Waals surface area contributed by atoms with Gasteiger partial charge in [0.1, 0.15) is 34.4 Å². The Hall–Kier alpha value is -3.79. The molecule has 10 heteroatoms. The quantitative estimate of drug-likeness (QED) is 0.387. The Kier molecular flexibility index (Phi) is 5.87. The normalized spacial score (nSPS) is 12.1. The van der Waals surface area contributed by atoms with E-state index >= 15 is 0 Å². The van der Waals surface area contributed by atoms with Crippen molar-refractivity contribution in [1.29, 1.82) is 0 Å². The van der Waals surface area contributed by atoms with Crippen LogP contribution in [0.4, 0.5) is 8.78 Å². The summed E-state index contributed by atoms with van der Waals surface area (Å²) in [7, 11) is 0. The molecule has 4 aromatic rings. The topological polar surface area (TPSA) is 95.9 Å². The van der Waals surface area contributed by atoms with Gasteiger partial charge in [0.15, 0.2) is 0 Å². The lowest BCUT2D eigenvalue weighted by molar-refractivity contribution is -0.0512. The minimum Gasteiger partial charge on any atom is -0.484 e. The van der Waals surface area contributed by atoms with Crippen molar-refractivity contribution in [3.05, 3.63) is 70.9 Å². The molecule has 0 aliphatic heterocycles. The fourth-order valence-electron chi connectivity index (χ4n) is 3.29. The lowest BCUT2D eigenvalue weighted by atomic mass is 10.1. The van der Waals surface area contributed by atoms with Crippen molar-refractivity contribution < 1.29 is 27.8 Å². The van der Waals surface area contributed by atoms with Crippen LogP contribution >= 0.6 is 11.3 Å². The first-order valence-corrected chi connectivity index (χ1v) is 10.3. The van der Waals surface area contributed by atoms with E-state index in [0.717, 1.165) is 22.7 Å². The monoisotopic (exact) mass is 457 g/mol. The number of thiophene rings is 1. The molecule has 0 radical (unpaired) electrons. The summed E-state index contributed by atoms with van der Waals surface area (Å²) in [5, 5.41) is 0. The van der Waals surface area contributed by atoms with Gasteiger partial charge in [-0.15, -0.1) is 11.3 Å². The van der Waals surface area contributed by atoms with E-state index in [9.17, 15) is 18.4 Å². The number of hydrogen-bond donors (Lipinski definition) is 1. The zero-order chi connectivity index (χ0) is 22.8. The first-order valence-electron chi connectivity index (χ1n) is 9.44. The first-order chi connectivity index (χ1) is 15.4. The van der Waals surface area contributed by atoms with Crippen molar-refractivity contribution >= 4 is 29.2 Å². The molecule has 164 valence electrons. The van der Waals surface area contributed by atoms with Crippen LogP contribution in [0.15, 0.2) is 54.9 Å². The van der Waals surface area contributed by atoms with Gasteiger partial charge >= 0.3 is 6.61 Å². The molecule has 4 rings (SSSR count). The van der Waals surface area contributed by atoms with E-state index in [2.05, 4.69) is 9.72 Å². The number of imidazole rings is 1. The van der Waals surface area contributed by atoms with Gasteiger partial charge in [0.25, 0.3) is 5.91 Å². The molecule has 3 aromatic heterocycles. The molecule has 1 amide bonds. The third-order valence-electron chi connectivity index (χ3n) is 4.72. The number of aromatic nitrogens is 2. The van der Waals surface area contributed by atoms with Crippen LogP contribution in [0.1, 0.15) is 38.6 Å². The van der Waals surface area contributed by atoms with Gasteiger partial charge in [0.2, 0.25) is 0 Å². The van der Waals surface area contributed by atoms with Crippen molar-refractivity contribution in [3.63, 3.8) is 0 Å². The van der Waals surface area contributed by atoms with E-state index in [0.29, 0.717) is 11.2 Å². The maximum absolute atomic E-state index is 12.9. The van der Waals surface area contributed by atoms with E-state index in [1.165, 1.54) is 18.2 Å². The number of pyridine rings is 1. The predicted molar refractivity (Wildman–Crippen MR) is 115 cm³/mol. The Balaban J connectivity index is 1.70. The predicted octanol–water partition coefficient (Wildman–Crippen LogP) is 4.72. The molecule has 1 atom stereocenters. The second kappa shape index (κ2) is 8.75. The molecule has 0 aliphatic carbocycles. The number of carbonyl (C=O) groups is 2. The molecular formula is C22H17F2N3O4S. The SMILES string of the molecule is C[C@@H](Oc1cc(-c2cnc3ccccn23)sc1C(N)=O)c1ccc(C=O)cc1OC(F)F. The fraction of sp³-hybridized carbons (Fsp3) is 0.136. The Morgan fingerprint density at radius 3 is 2.72 bits per heavy atom. The molecule has 2 N–H and O–H groups in total. The van der Waals surface area contributed by atoms with Crippen molar-refractivity contribution in [2.24, 2.45) is 5.73 Å². The van der Waals surface area contributed by atoms with Gasteiger partial charge in [-0.1, -0.05) is 18.2 Å². The number of hydrogen-bond acceptors (Lipinski definition) is 6. The number of fused-ring (bicyclic) bond motifs is 1. The van der Waals surface area contributed by atoms with Crippen LogP contribution < -0.4 is 15.2 Å². The molecule has 0 unspecified atom stereocenters. The molecule has 0 bridgehead atoms. The Labute approximate surface area is 185 Å². The van der Waals surface area contributed by atoms with Crippen LogP contribution in [0.5, 0.6) is 11.5 Å². The third kappa shape index (κ3) is 4.17. The number of halogens is 2. The maximum atomic E-state index is 12.9. The van der Waals surface area contributed by atoms with Gasteiger partial charge in [-0.2, -0.15) is 8.78 Å². The minimum atomic E-state index is -3.08. The number of alkyl halides is 2. The van der Waals surface area contributed by atoms with E-state index < -0.39 is 18.6 Å². The highest BCUT2D eigenvalue weighted by Gasteiger charge is 2.23. The average molecular weight is 457 g/mol. The van der Waals surface area contributed by atoms with Crippen molar-refractivity contribution in [2.45, 2.75) is 19.6 Å². The highest BCUT2D eigenvalue weighted by atomic mass is 32.1. The molecule has 3 heterocycles. The molecular weight excluding hydrogens is 440 g/mol. The Morgan fingerprint density at radius 2 is 2.00 bits per heavy atom. The molecule has 0 saturated carbocycles. The van der Waals surface area contributed by atoms with Crippen LogP contribution in [0.3, 0.4) is 0 Å². The Bertz CT molecular complexity index is 1300. The summed E-state index contributed by atoms with van der Waals surface area (Å²) >= 11 is 1.14. The fourth-order valence-corrected chi connectivity index (χ4v) is 4.24. The smallest absolute Gasteiger partial charge is 0.387 e. The first kappa shape index (κ1) is 21.4. The molecule has 32 heavy (non-hydrogen) atoms. The lowest BCUT2D eigenvalue weighted by Crippen LogP contribution is -2.13. The van der Waals surface area contributed by atoms with Crippen LogP contribution in [0, 0.1) is 0 Å². The molecule has 7 nitrogen and oxygen atoms in total. The van der Waals surface area contributed by atoms with Gasteiger partial charge in [-0.25, -0.2) is 4.98 Å². The van der Waals surface area contributed by atoms with Crippen LogP contribution in [0.2, 0.25) is 0 Å². The lowest BCUT2D eigenvalue weighted by Gasteiger charge is -2.18. The number of rotatable bonds is 8. The standard InChI is InChI=1S/C22H17F2N3O4S/c1-12(14-6-5-13(11-28)8-16(14)31-22(23)24)30-17-9-18(32-20(17)21(25)29)15-10-26-19-4-2-3-7-27(15)19/h2-12,22H,1H3,(H2,25,29)/t12-/m1/s1. The second-order valence-corrected chi connectivity index (χ2v) is 7.85. The highest BCUT2D eigenvalue weighted by molar-refractivity contribution is 7.17. The van der Waals surface area contributed by atoms with Crippen molar-refractivity contribution in [2.75, 3.05) is 0 Å². The summed E-state index contributed by atoms with van der Waals surface area (Å²) in [4.78, 5) is 28.3. The number of carbonyl (C=O) groups excluding carboxylic acids is 2. The van der Waals surface area contributed by atoms with E-state index in [1.807, 2.05) is 28.8 Å². The summed E-state index contributed by atoms with van der Waals surface area (Å²) in [5.41, 5.74) is 7.49. The number of benzene rings is 1. The van der Waals surface area contributed by atoms with Crippen LogP contribution in [-0.2, 0) is 0 Å². The van der Waals surface area contributed by atoms with Crippen LogP contribution in [0.25, 0.3) is 16.2 Å². The van der Waals surface area contributed by atoms with Gasteiger partial charge in [0, 0.05) is 23.4 Å². The number of nitrogens with zero attached hydrogens (tertiary/aromatic N) is 2. The summed E-state index contributed by atoms with van der Waals surface area (Å²) in [6, 6.07) is 11.4. The van der Waals surface area contributed by atoms with Crippen molar-refractivity contribution in [3.8, 4) is 22.1 Å². The summed E-state index contributed by atoms with van der Waals surface area (Å²) in [5.74, 6) is -0.661. The summed E-state index contributed by atoms with van der Waals surface area (Å²) in [6.07, 6.45) is 3.26. The molecule has 0 aliphatic rings. The highest BCUT2D eigenvalue weighted by Crippen LogP contribution is 2.39. The molecule has 1 aromatic carbocycles. The molecule has 0 saturated heterocycles. The number of amides is 1. The zero-order valence-electron chi connectivity index (χ0n) is 16.7. The average Bonchev–Trinajstić information content (AvgIpc) is 3.37. The largest absolute Gasteiger partial charge is 0.484 e. The van der Waals surface area contributed by atoms with Gasteiger partial charge < -0.3 is 15.2 Å². The summed E-state index contributed by atoms with van der Waals surface area (Å²) < 4.78 is 38.1. The molecule has 0 spiro atoms. The third-order valence-corrected chi connectivity index (χ3v) is 5.88. The second-order valence-electron chi connectivity index (χ2n) is 6.79. The van der Waals surface area contributed by atoms with Crippen LogP contribution in [-0.4, -0.2) is 28.2 Å². The summed E-state index contributed by atoms with van der Waals surface area (Å²) in [6.45, 7) is -1.46. The van der Waals surface area contributed by atoms with Gasteiger partial charge in [0.05, 0.1) is 16.8 Å². The number of primary amides is 1. The van der Waals surface area contributed by atoms with E-state index in [-0.39, 0.29) is 27.5 Å².